The summed E-state index contributed by atoms with van der Waals surface area (Å²) in [5.74, 6) is -1.28. The number of carboxylic acids is 1. The topological polar surface area (TPSA) is 82.9 Å². The third kappa shape index (κ3) is 2.97. The number of nitrogens with zero attached hydrogens (tertiary/aromatic N) is 3. The molecule has 0 radical (unpaired) electrons. The van der Waals surface area contributed by atoms with Gasteiger partial charge in [-0.1, -0.05) is 24.3 Å². The molecule has 2 heterocycles. The molecule has 0 saturated carbocycles. The molecular formula is C21H15N3O3. The van der Waals surface area contributed by atoms with Crippen molar-refractivity contribution in [1.29, 1.82) is 0 Å². The van der Waals surface area contributed by atoms with Crippen LogP contribution in [0.4, 0.5) is 5.69 Å². The number of carbonyl (C=O) groups excluding carboxylic acids is 1. The first-order valence-corrected chi connectivity index (χ1v) is 8.33. The van der Waals surface area contributed by atoms with E-state index in [0.29, 0.717) is 17.0 Å². The van der Waals surface area contributed by atoms with Crippen molar-refractivity contribution in [2.75, 3.05) is 5.01 Å². The van der Waals surface area contributed by atoms with Crippen molar-refractivity contribution >= 4 is 40.3 Å². The normalized spacial score (nSPS) is 15.4. The Hall–Kier alpha value is -3.80. The second kappa shape index (κ2) is 6.49. The predicted octanol–water partition coefficient (Wildman–Crippen LogP) is 3.74. The fourth-order valence-corrected chi connectivity index (χ4v) is 3.00. The number of anilines is 1. The predicted molar refractivity (Wildman–Crippen MR) is 104 cm³/mol. The van der Waals surface area contributed by atoms with Gasteiger partial charge in [0.1, 0.15) is 0 Å². The fourth-order valence-electron chi connectivity index (χ4n) is 3.00. The molecule has 27 heavy (non-hydrogen) atoms. The molecule has 0 spiro atoms. The number of hydrogen-bond acceptors (Lipinski definition) is 4. The number of benzene rings is 2. The number of rotatable bonds is 3. The maximum Gasteiger partial charge on any atom is 0.335 e. The standard InChI is InChI=1S/C21H15N3O3/c1-13-18(12-16-5-2-4-14-6-3-11-22-19(14)16)20(25)24(23-13)17-9-7-15(8-10-17)21(26)27/h2-12H,1H3,(H,26,27)/b18-12-. The zero-order valence-corrected chi connectivity index (χ0v) is 14.5. The van der Waals surface area contributed by atoms with E-state index >= 15 is 0 Å². The highest BCUT2D eigenvalue weighted by Crippen LogP contribution is 2.27. The minimum absolute atomic E-state index is 0.156. The fraction of sp³-hybridized carbons (Fsp3) is 0.0476. The lowest BCUT2D eigenvalue weighted by Crippen LogP contribution is -2.21. The highest BCUT2D eigenvalue weighted by molar-refractivity contribution is 6.32. The van der Waals surface area contributed by atoms with Gasteiger partial charge in [-0.15, -0.1) is 0 Å². The lowest BCUT2D eigenvalue weighted by Gasteiger charge is -2.11. The van der Waals surface area contributed by atoms with Crippen molar-refractivity contribution in [2.24, 2.45) is 5.10 Å². The summed E-state index contributed by atoms with van der Waals surface area (Å²) in [6, 6.07) is 15.7. The molecule has 0 bridgehead atoms. The first-order valence-electron chi connectivity index (χ1n) is 8.33. The van der Waals surface area contributed by atoms with Gasteiger partial charge in [0.25, 0.3) is 5.91 Å². The van der Waals surface area contributed by atoms with E-state index in [-0.39, 0.29) is 11.5 Å². The average molecular weight is 357 g/mol. The SMILES string of the molecule is CC1=NN(c2ccc(C(=O)O)cc2)C(=O)/C1=C\c1cccc2cccnc12. The molecule has 1 aliphatic heterocycles. The molecule has 0 unspecified atom stereocenters. The molecule has 2 aromatic carbocycles. The van der Waals surface area contributed by atoms with Gasteiger partial charge in [-0.25, -0.2) is 4.79 Å². The Labute approximate surface area is 155 Å². The molecule has 0 atom stereocenters. The summed E-state index contributed by atoms with van der Waals surface area (Å²) in [7, 11) is 0. The third-order valence-corrected chi connectivity index (χ3v) is 4.39. The molecular weight excluding hydrogens is 342 g/mol. The molecule has 132 valence electrons. The van der Waals surface area contributed by atoms with Gasteiger partial charge in [0.2, 0.25) is 0 Å². The highest BCUT2D eigenvalue weighted by atomic mass is 16.4. The quantitative estimate of drug-likeness (QED) is 0.724. The zero-order valence-electron chi connectivity index (χ0n) is 14.5. The van der Waals surface area contributed by atoms with Gasteiger partial charge < -0.3 is 5.11 Å². The van der Waals surface area contributed by atoms with Gasteiger partial charge in [-0.2, -0.15) is 10.1 Å². The molecule has 6 nitrogen and oxygen atoms in total. The maximum atomic E-state index is 12.9. The van der Waals surface area contributed by atoms with E-state index in [1.165, 1.54) is 17.1 Å². The van der Waals surface area contributed by atoms with Crippen LogP contribution in [0.15, 0.2) is 71.5 Å². The summed E-state index contributed by atoms with van der Waals surface area (Å²) in [6.07, 6.45) is 3.51. The van der Waals surface area contributed by atoms with Crippen LogP contribution in [0.3, 0.4) is 0 Å². The Bertz CT molecular complexity index is 1130. The molecule has 0 fully saturated rings. The van der Waals surface area contributed by atoms with Crippen LogP contribution in [-0.2, 0) is 4.79 Å². The summed E-state index contributed by atoms with van der Waals surface area (Å²) in [5.41, 5.74) is 3.41. The maximum absolute atomic E-state index is 12.9. The van der Waals surface area contributed by atoms with E-state index in [1.54, 1.807) is 31.3 Å². The van der Waals surface area contributed by atoms with Crippen molar-refractivity contribution in [3.63, 3.8) is 0 Å². The summed E-state index contributed by atoms with van der Waals surface area (Å²) < 4.78 is 0. The molecule has 4 rings (SSSR count). The largest absolute Gasteiger partial charge is 0.478 e. The zero-order chi connectivity index (χ0) is 19.0. The first kappa shape index (κ1) is 16.7. The van der Waals surface area contributed by atoms with Gasteiger partial charge in [-0.05, 0) is 43.3 Å². The average Bonchev–Trinajstić information content (AvgIpc) is 2.96. The van der Waals surface area contributed by atoms with Crippen LogP contribution in [0.2, 0.25) is 0 Å². The molecule has 3 aromatic rings. The smallest absolute Gasteiger partial charge is 0.335 e. The van der Waals surface area contributed by atoms with E-state index < -0.39 is 5.97 Å². The molecule has 0 aliphatic carbocycles. The van der Waals surface area contributed by atoms with Gasteiger partial charge in [-0.3, -0.25) is 9.78 Å². The van der Waals surface area contributed by atoms with Gasteiger partial charge in [0.15, 0.2) is 0 Å². The Balaban J connectivity index is 1.71. The Morgan fingerprint density at radius 2 is 1.81 bits per heavy atom. The number of fused-ring (bicyclic) bond motifs is 1. The van der Waals surface area contributed by atoms with E-state index in [9.17, 15) is 9.59 Å². The number of carbonyl (C=O) groups is 2. The van der Waals surface area contributed by atoms with Crippen LogP contribution >= 0.6 is 0 Å². The third-order valence-electron chi connectivity index (χ3n) is 4.39. The van der Waals surface area contributed by atoms with Crippen molar-refractivity contribution in [3.8, 4) is 0 Å². The number of carboxylic acid groups (broad SMARTS) is 1. The van der Waals surface area contributed by atoms with Crippen LogP contribution in [-0.4, -0.2) is 27.7 Å². The van der Waals surface area contributed by atoms with Crippen molar-refractivity contribution < 1.29 is 14.7 Å². The molecule has 6 heteroatoms. The number of pyridine rings is 1. The summed E-state index contributed by atoms with van der Waals surface area (Å²) in [6.45, 7) is 1.77. The van der Waals surface area contributed by atoms with Crippen molar-refractivity contribution in [1.82, 2.24) is 4.98 Å². The van der Waals surface area contributed by atoms with Gasteiger partial charge in [0, 0.05) is 17.1 Å². The Morgan fingerprint density at radius 1 is 1.07 bits per heavy atom. The Morgan fingerprint density at radius 3 is 2.56 bits per heavy atom. The second-order valence-corrected chi connectivity index (χ2v) is 6.13. The van der Waals surface area contributed by atoms with E-state index in [2.05, 4.69) is 10.1 Å². The van der Waals surface area contributed by atoms with Gasteiger partial charge in [0.05, 0.1) is 28.1 Å². The van der Waals surface area contributed by atoms with Crippen LogP contribution in [0, 0.1) is 0 Å². The highest BCUT2D eigenvalue weighted by Gasteiger charge is 2.29. The molecule has 1 N–H and O–H groups in total. The number of hydrazone groups is 1. The summed E-state index contributed by atoms with van der Waals surface area (Å²) >= 11 is 0. The number of aromatic carboxylic acids is 1. The van der Waals surface area contributed by atoms with Crippen LogP contribution in [0.1, 0.15) is 22.8 Å². The number of hydrogen-bond donors (Lipinski definition) is 1. The first-order chi connectivity index (χ1) is 13.0. The molecule has 1 aliphatic rings. The number of amides is 1. The van der Waals surface area contributed by atoms with Crippen LogP contribution in [0.25, 0.3) is 17.0 Å². The van der Waals surface area contributed by atoms with Crippen molar-refractivity contribution in [2.45, 2.75) is 6.92 Å². The lowest BCUT2D eigenvalue weighted by atomic mass is 10.0. The molecule has 0 saturated heterocycles. The van der Waals surface area contributed by atoms with Crippen molar-refractivity contribution in [3.05, 3.63) is 77.5 Å². The Kier molecular flexibility index (Phi) is 4.01. The van der Waals surface area contributed by atoms with Crippen LogP contribution in [0.5, 0.6) is 0 Å². The number of aromatic nitrogens is 1. The lowest BCUT2D eigenvalue weighted by molar-refractivity contribution is -0.114. The van der Waals surface area contributed by atoms with E-state index in [0.717, 1.165) is 16.5 Å². The minimum Gasteiger partial charge on any atom is -0.478 e. The second-order valence-electron chi connectivity index (χ2n) is 6.13. The van der Waals surface area contributed by atoms with E-state index in [1.807, 2.05) is 30.3 Å². The summed E-state index contributed by atoms with van der Waals surface area (Å²) in [4.78, 5) is 28.3. The minimum atomic E-state index is -1.02. The van der Waals surface area contributed by atoms with Crippen LogP contribution < -0.4 is 5.01 Å². The molecule has 1 aromatic heterocycles. The number of para-hydroxylation sites is 1. The van der Waals surface area contributed by atoms with Gasteiger partial charge >= 0.3 is 5.97 Å². The summed E-state index contributed by atoms with van der Waals surface area (Å²) in [5, 5.41) is 15.6. The monoisotopic (exact) mass is 357 g/mol. The van der Waals surface area contributed by atoms with E-state index in [4.69, 9.17) is 5.11 Å². The molecule has 1 amide bonds.